The molecular weight excluding hydrogens is 338 g/mol. The Balaban J connectivity index is 2.31. The van der Waals surface area contributed by atoms with Crippen LogP contribution in [0, 0.1) is 24.2 Å². The van der Waals surface area contributed by atoms with Crippen LogP contribution in [0.5, 0.6) is 0 Å². The van der Waals surface area contributed by atoms with Crippen molar-refractivity contribution in [2.75, 3.05) is 6.61 Å². The van der Waals surface area contributed by atoms with Gasteiger partial charge in [0, 0.05) is 6.42 Å². The Hall–Kier alpha value is -2.93. The highest BCUT2D eigenvalue weighted by Crippen LogP contribution is 2.28. The third-order valence-electron chi connectivity index (χ3n) is 4.52. The molecule has 0 N–H and O–H groups in total. The molecule has 4 heteroatoms. The fourth-order valence-electron chi connectivity index (χ4n) is 3.20. The van der Waals surface area contributed by atoms with E-state index in [1.165, 1.54) is 0 Å². The van der Waals surface area contributed by atoms with Crippen molar-refractivity contribution in [3.63, 3.8) is 0 Å². The number of benzene rings is 2. The zero-order valence-corrected chi connectivity index (χ0v) is 16.1. The molecule has 0 radical (unpaired) electrons. The highest BCUT2D eigenvalue weighted by molar-refractivity contribution is 5.99. The molecule has 0 spiro atoms. The summed E-state index contributed by atoms with van der Waals surface area (Å²) in [5, 5.41) is 9.33. The summed E-state index contributed by atoms with van der Waals surface area (Å²) >= 11 is 0. The molecule has 0 aliphatic carbocycles. The van der Waals surface area contributed by atoms with E-state index in [2.05, 4.69) is 6.07 Å². The number of nitriles is 1. The number of ether oxygens (including phenoxy) is 1. The van der Waals surface area contributed by atoms with E-state index < -0.39 is 11.9 Å². The third-order valence-corrected chi connectivity index (χ3v) is 4.52. The van der Waals surface area contributed by atoms with Crippen LogP contribution in [-0.2, 0) is 20.7 Å². The summed E-state index contributed by atoms with van der Waals surface area (Å²) in [4.78, 5) is 24.6. The molecule has 1 atom stereocenters. The van der Waals surface area contributed by atoms with Gasteiger partial charge in [0.15, 0.2) is 0 Å². The predicted molar refractivity (Wildman–Crippen MR) is 105 cm³/mol. The number of esters is 1. The summed E-state index contributed by atoms with van der Waals surface area (Å²) in [6, 6.07) is 15.5. The van der Waals surface area contributed by atoms with Gasteiger partial charge in [-0.3, -0.25) is 9.59 Å². The summed E-state index contributed by atoms with van der Waals surface area (Å²) in [7, 11) is 0. The second-order valence-corrected chi connectivity index (χ2v) is 6.53. The number of Topliss-reactive ketones (excluding diaryl/α,β-unsaturated/α-hetero) is 1. The van der Waals surface area contributed by atoms with E-state index in [4.69, 9.17) is 4.74 Å². The van der Waals surface area contributed by atoms with Crippen molar-refractivity contribution < 1.29 is 14.3 Å². The molecule has 0 amide bonds. The van der Waals surface area contributed by atoms with Crippen LogP contribution in [0.3, 0.4) is 0 Å². The zero-order chi connectivity index (χ0) is 19.8. The predicted octanol–water partition coefficient (Wildman–Crippen LogP) is 4.62. The molecule has 0 aliphatic heterocycles. The highest BCUT2D eigenvalue weighted by Gasteiger charge is 2.27. The molecule has 0 aliphatic rings. The Morgan fingerprint density at radius 3 is 2.48 bits per heavy atom. The van der Waals surface area contributed by atoms with Crippen LogP contribution in [0.2, 0.25) is 0 Å². The van der Waals surface area contributed by atoms with Crippen LogP contribution < -0.4 is 0 Å². The molecule has 0 heterocycles. The quantitative estimate of drug-likeness (QED) is 0.507. The molecule has 2 aromatic carbocycles. The Morgan fingerprint density at radius 1 is 1.11 bits per heavy atom. The number of nitrogens with zero attached hydrogens (tertiary/aromatic N) is 1. The first-order valence-electron chi connectivity index (χ1n) is 9.30. The first kappa shape index (κ1) is 20.4. The van der Waals surface area contributed by atoms with Gasteiger partial charge in [-0.2, -0.15) is 5.26 Å². The van der Waals surface area contributed by atoms with Crippen LogP contribution in [0.4, 0.5) is 0 Å². The number of carbonyl (C=O) groups excluding carboxylic acids is 2. The standard InChI is InChI=1S/C23H25NO3/c1-4-8-22(25)21(23(26)27-5-2)14-17-11-12-19(16(3)13-17)20-10-7-6-9-18(20)15-24/h6-7,9-13,21H,4-5,8,14H2,1-3H3. The average molecular weight is 363 g/mol. The van der Waals surface area contributed by atoms with Crippen LogP contribution in [0.15, 0.2) is 42.5 Å². The normalized spacial score (nSPS) is 11.5. The molecule has 27 heavy (non-hydrogen) atoms. The summed E-state index contributed by atoms with van der Waals surface area (Å²) < 4.78 is 5.10. The molecule has 0 saturated carbocycles. The second kappa shape index (κ2) is 9.68. The Morgan fingerprint density at radius 2 is 1.85 bits per heavy atom. The number of ketones is 1. The molecule has 0 fully saturated rings. The van der Waals surface area contributed by atoms with Crippen LogP contribution in [0.1, 0.15) is 43.4 Å². The first-order valence-corrected chi connectivity index (χ1v) is 9.30. The Kier molecular flexibility index (Phi) is 7.31. The minimum absolute atomic E-state index is 0.0764. The van der Waals surface area contributed by atoms with Crippen molar-refractivity contribution in [2.24, 2.45) is 5.92 Å². The number of hydrogen-bond donors (Lipinski definition) is 0. The van der Waals surface area contributed by atoms with E-state index in [0.717, 1.165) is 22.3 Å². The largest absolute Gasteiger partial charge is 0.465 e. The lowest BCUT2D eigenvalue weighted by molar-refractivity contribution is -0.151. The van der Waals surface area contributed by atoms with Gasteiger partial charge in [-0.1, -0.05) is 43.3 Å². The van der Waals surface area contributed by atoms with Gasteiger partial charge in [-0.05, 0) is 55.0 Å². The molecule has 0 bridgehead atoms. The number of aryl methyl sites for hydroxylation is 1. The van der Waals surface area contributed by atoms with E-state index >= 15 is 0 Å². The van der Waals surface area contributed by atoms with Crippen molar-refractivity contribution in [1.82, 2.24) is 0 Å². The maximum atomic E-state index is 12.4. The number of rotatable bonds is 8. The van der Waals surface area contributed by atoms with Gasteiger partial charge in [0.25, 0.3) is 0 Å². The van der Waals surface area contributed by atoms with E-state index in [0.29, 0.717) is 24.8 Å². The van der Waals surface area contributed by atoms with Gasteiger partial charge >= 0.3 is 5.97 Å². The minimum atomic E-state index is -0.762. The second-order valence-electron chi connectivity index (χ2n) is 6.53. The molecule has 0 aromatic heterocycles. The number of carbonyl (C=O) groups is 2. The molecular formula is C23H25NO3. The van der Waals surface area contributed by atoms with Gasteiger partial charge in [0.2, 0.25) is 0 Å². The fourth-order valence-corrected chi connectivity index (χ4v) is 3.20. The topological polar surface area (TPSA) is 67.2 Å². The van der Waals surface area contributed by atoms with E-state index in [1.54, 1.807) is 13.0 Å². The number of hydrogen-bond acceptors (Lipinski definition) is 4. The molecule has 2 aromatic rings. The summed E-state index contributed by atoms with van der Waals surface area (Å²) in [5.41, 5.74) is 4.39. The van der Waals surface area contributed by atoms with Gasteiger partial charge in [0.1, 0.15) is 11.7 Å². The summed E-state index contributed by atoms with van der Waals surface area (Å²) in [6.45, 7) is 5.90. The van der Waals surface area contributed by atoms with Crippen molar-refractivity contribution in [3.8, 4) is 17.2 Å². The van der Waals surface area contributed by atoms with Crippen molar-refractivity contribution in [1.29, 1.82) is 5.26 Å². The van der Waals surface area contributed by atoms with E-state index in [-0.39, 0.29) is 12.4 Å². The van der Waals surface area contributed by atoms with Crippen LogP contribution in [-0.4, -0.2) is 18.4 Å². The SMILES string of the molecule is CCCC(=O)C(Cc1ccc(-c2ccccc2C#N)c(C)c1)C(=O)OCC. The van der Waals surface area contributed by atoms with Crippen LogP contribution in [0.25, 0.3) is 11.1 Å². The molecule has 140 valence electrons. The Labute approximate surface area is 160 Å². The fraction of sp³-hybridized carbons (Fsp3) is 0.348. The van der Waals surface area contributed by atoms with Gasteiger partial charge < -0.3 is 4.74 Å². The summed E-state index contributed by atoms with van der Waals surface area (Å²) in [6.07, 6.45) is 1.41. The van der Waals surface area contributed by atoms with Crippen molar-refractivity contribution >= 4 is 11.8 Å². The van der Waals surface area contributed by atoms with Crippen molar-refractivity contribution in [2.45, 2.75) is 40.0 Å². The minimum Gasteiger partial charge on any atom is -0.465 e. The molecule has 1 unspecified atom stereocenters. The smallest absolute Gasteiger partial charge is 0.316 e. The van der Waals surface area contributed by atoms with Gasteiger partial charge in [0.05, 0.1) is 18.2 Å². The lowest BCUT2D eigenvalue weighted by atomic mass is 9.89. The maximum Gasteiger partial charge on any atom is 0.316 e. The lowest BCUT2D eigenvalue weighted by Crippen LogP contribution is -2.28. The monoisotopic (exact) mass is 363 g/mol. The molecule has 2 rings (SSSR count). The van der Waals surface area contributed by atoms with Gasteiger partial charge in [-0.15, -0.1) is 0 Å². The molecule has 0 saturated heterocycles. The Bertz CT molecular complexity index is 846. The van der Waals surface area contributed by atoms with E-state index in [9.17, 15) is 14.9 Å². The van der Waals surface area contributed by atoms with Crippen LogP contribution >= 0.6 is 0 Å². The van der Waals surface area contributed by atoms with Gasteiger partial charge in [-0.25, -0.2) is 0 Å². The third kappa shape index (κ3) is 5.04. The maximum absolute atomic E-state index is 12.4. The summed E-state index contributed by atoms with van der Waals surface area (Å²) in [5.74, 6) is -1.29. The average Bonchev–Trinajstić information content (AvgIpc) is 2.66. The zero-order valence-electron chi connectivity index (χ0n) is 16.1. The highest BCUT2D eigenvalue weighted by atomic mass is 16.5. The first-order chi connectivity index (χ1) is 13.0. The van der Waals surface area contributed by atoms with Crippen molar-refractivity contribution in [3.05, 3.63) is 59.2 Å². The van der Waals surface area contributed by atoms with E-state index in [1.807, 2.05) is 50.2 Å². The lowest BCUT2D eigenvalue weighted by Gasteiger charge is -2.16. The molecule has 4 nitrogen and oxygen atoms in total.